The van der Waals surface area contributed by atoms with Crippen LogP contribution in [0.2, 0.25) is 0 Å². The largest absolute Gasteiger partial charge is 0.352 e. The number of nitrogens with zero attached hydrogens (tertiary/aromatic N) is 1. The molecule has 1 aliphatic heterocycles. The van der Waals surface area contributed by atoms with Crippen LogP contribution in [0.3, 0.4) is 0 Å². The van der Waals surface area contributed by atoms with Crippen molar-refractivity contribution in [1.29, 1.82) is 0 Å². The van der Waals surface area contributed by atoms with Crippen LogP contribution in [0, 0.1) is 9.49 Å². The van der Waals surface area contributed by atoms with Crippen molar-refractivity contribution in [1.82, 2.24) is 10.2 Å². The Kier molecular flexibility index (Phi) is 6.95. The van der Waals surface area contributed by atoms with Gasteiger partial charge in [0.25, 0.3) is 5.91 Å². The van der Waals surface area contributed by atoms with Gasteiger partial charge in [0.05, 0.1) is 5.56 Å². The third-order valence-electron chi connectivity index (χ3n) is 3.99. The monoisotopic (exact) mass is 464 g/mol. The van der Waals surface area contributed by atoms with Crippen molar-refractivity contribution in [2.24, 2.45) is 5.92 Å². The molecule has 1 aromatic rings. The number of amides is 1. The number of benzene rings is 1. The van der Waals surface area contributed by atoms with Crippen molar-refractivity contribution in [3.05, 3.63) is 31.8 Å². The highest BCUT2D eigenvalue weighted by Crippen LogP contribution is 2.19. The van der Waals surface area contributed by atoms with Gasteiger partial charge in [0, 0.05) is 14.6 Å². The van der Waals surface area contributed by atoms with Crippen molar-refractivity contribution in [2.75, 3.05) is 26.2 Å². The molecule has 1 fully saturated rings. The first-order chi connectivity index (χ1) is 10.1. The fourth-order valence-electron chi connectivity index (χ4n) is 2.56. The maximum atomic E-state index is 12.2. The molecule has 1 N–H and O–H groups in total. The molecule has 5 heteroatoms. The lowest BCUT2D eigenvalue weighted by Crippen LogP contribution is -2.35. The fourth-order valence-corrected chi connectivity index (χ4v) is 3.47. The lowest BCUT2D eigenvalue weighted by molar-refractivity contribution is 0.0949. The molecule has 1 heterocycles. The van der Waals surface area contributed by atoms with Crippen LogP contribution in [0.4, 0.5) is 0 Å². The second-order valence-corrected chi connectivity index (χ2v) is 7.86. The predicted molar refractivity (Wildman–Crippen MR) is 98.6 cm³/mol. The summed E-state index contributed by atoms with van der Waals surface area (Å²) >= 11 is 5.66. The zero-order valence-electron chi connectivity index (χ0n) is 12.4. The summed E-state index contributed by atoms with van der Waals surface area (Å²) in [4.78, 5) is 14.7. The Morgan fingerprint density at radius 3 is 2.86 bits per heavy atom. The summed E-state index contributed by atoms with van der Waals surface area (Å²) in [6.45, 7) is 6.56. The van der Waals surface area contributed by atoms with E-state index < -0.39 is 0 Å². The van der Waals surface area contributed by atoms with Gasteiger partial charge in [-0.15, -0.1) is 0 Å². The summed E-state index contributed by atoms with van der Waals surface area (Å²) in [7, 11) is 0. The number of nitrogens with one attached hydrogen (secondary N) is 1. The fraction of sp³-hybridized carbons (Fsp3) is 0.562. The second-order valence-electron chi connectivity index (χ2n) is 5.76. The molecular weight excluding hydrogens is 443 g/mol. The highest BCUT2D eigenvalue weighted by molar-refractivity contribution is 14.1. The van der Waals surface area contributed by atoms with Gasteiger partial charge in [-0.2, -0.15) is 0 Å². The van der Waals surface area contributed by atoms with Crippen molar-refractivity contribution in [2.45, 2.75) is 26.2 Å². The molecular formula is C16H22BrIN2O. The highest BCUT2D eigenvalue weighted by atomic mass is 127. The Hall–Kier alpha value is -0.140. The molecule has 116 valence electrons. The predicted octanol–water partition coefficient (Wildman–Crippen LogP) is 3.91. The Morgan fingerprint density at radius 2 is 2.14 bits per heavy atom. The third kappa shape index (κ3) is 5.53. The van der Waals surface area contributed by atoms with Crippen molar-refractivity contribution in [3.8, 4) is 0 Å². The molecule has 3 nitrogen and oxygen atoms in total. The summed E-state index contributed by atoms with van der Waals surface area (Å²) in [6, 6.07) is 5.82. The molecule has 1 aliphatic rings. The summed E-state index contributed by atoms with van der Waals surface area (Å²) in [5.41, 5.74) is 0.716. The molecule has 1 amide bonds. The van der Waals surface area contributed by atoms with Crippen LogP contribution >= 0.6 is 38.5 Å². The third-order valence-corrected chi connectivity index (χ3v) is 5.35. The molecule has 0 saturated carbocycles. The number of carbonyl (C=O) groups is 1. The molecule has 2 rings (SSSR count). The average Bonchev–Trinajstić information content (AvgIpc) is 2.47. The molecule has 0 atom stereocenters. The van der Waals surface area contributed by atoms with Gasteiger partial charge in [-0.1, -0.05) is 6.92 Å². The number of piperidine rings is 1. The smallest absolute Gasteiger partial charge is 0.252 e. The number of halogens is 2. The van der Waals surface area contributed by atoms with Gasteiger partial charge in [0.2, 0.25) is 0 Å². The Labute approximate surface area is 149 Å². The molecule has 1 saturated heterocycles. The van der Waals surface area contributed by atoms with Gasteiger partial charge in [-0.3, -0.25) is 4.79 Å². The Bertz CT molecular complexity index is 487. The first-order valence-electron chi connectivity index (χ1n) is 7.52. The van der Waals surface area contributed by atoms with E-state index in [2.05, 4.69) is 55.7 Å². The first kappa shape index (κ1) is 17.2. The SMILES string of the molecule is CC1CCN(CCCNC(=O)c2cc(I)ccc2Br)CC1. The van der Waals surface area contributed by atoms with E-state index in [1.807, 2.05) is 18.2 Å². The van der Waals surface area contributed by atoms with Crippen LogP contribution in [0.1, 0.15) is 36.5 Å². The zero-order valence-corrected chi connectivity index (χ0v) is 16.1. The number of hydrogen-bond donors (Lipinski definition) is 1. The highest BCUT2D eigenvalue weighted by Gasteiger charge is 2.15. The minimum absolute atomic E-state index is 0.00709. The van der Waals surface area contributed by atoms with E-state index in [1.165, 1.54) is 25.9 Å². The van der Waals surface area contributed by atoms with E-state index >= 15 is 0 Å². The summed E-state index contributed by atoms with van der Waals surface area (Å²) in [5.74, 6) is 0.881. The quantitative estimate of drug-likeness (QED) is 0.529. The summed E-state index contributed by atoms with van der Waals surface area (Å²) < 4.78 is 1.92. The standard InChI is InChI=1S/C16H22BrIN2O/c1-12-5-9-20(10-6-12)8-2-7-19-16(21)14-11-13(18)3-4-15(14)17/h3-4,11-12H,2,5-10H2,1H3,(H,19,21). The van der Waals surface area contributed by atoms with E-state index in [0.29, 0.717) is 5.56 Å². The van der Waals surface area contributed by atoms with Gasteiger partial charge in [0.15, 0.2) is 0 Å². The maximum absolute atomic E-state index is 12.2. The number of likely N-dealkylation sites (tertiary alicyclic amines) is 1. The topological polar surface area (TPSA) is 32.3 Å². The minimum atomic E-state index is 0.00709. The number of rotatable bonds is 5. The van der Waals surface area contributed by atoms with Gasteiger partial charge < -0.3 is 10.2 Å². The van der Waals surface area contributed by atoms with E-state index in [0.717, 1.165) is 33.5 Å². The first-order valence-corrected chi connectivity index (χ1v) is 9.39. The van der Waals surface area contributed by atoms with Crippen molar-refractivity contribution < 1.29 is 4.79 Å². The molecule has 0 aliphatic carbocycles. The number of hydrogen-bond acceptors (Lipinski definition) is 2. The zero-order chi connectivity index (χ0) is 15.2. The van der Waals surface area contributed by atoms with Crippen LogP contribution < -0.4 is 5.32 Å². The Balaban J connectivity index is 1.71. The van der Waals surface area contributed by atoms with Crippen LogP contribution in [0.25, 0.3) is 0 Å². The molecule has 0 spiro atoms. The van der Waals surface area contributed by atoms with E-state index in [9.17, 15) is 4.79 Å². The van der Waals surface area contributed by atoms with E-state index in [-0.39, 0.29) is 5.91 Å². The van der Waals surface area contributed by atoms with Crippen molar-refractivity contribution >= 4 is 44.4 Å². The van der Waals surface area contributed by atoms with Crippen LogP contribution in [-0.4, -0.2) is 37.0 Å². The van der Waals surface area contributed by atoms with E-state index in [4.69, 9.17) is 0 Å². The second kappa shape index (κ2) is 8.48. The summed E-state index contributed by atoms with van der Waals surface area (Å²) in [5, 5.41) is 3.02. The van der Waals surface area contributed by atoms with Gasteiger partial charge in [-0.05, 0) is 102 Å². The minimum Gasteiger partial charge on any atom is -0.352 e. The average molecular weight is 465 g/mol. The van der Waals surface area contributed by atoms with Gasteiger partial charge >= 0.3 is 0 Å². The normalized spacial score (nSPS) is 16.9. The molecule has 1 aromatic carbocycles. The Morgan fingerprint density at radius 1 is 1.43 bits per heavy atom. The lowest BCUT2D eigenvalue weighted by Gasteiger charge is -2.30. The van der Waals surface area contributed by atoms with Crippen LogP contribution in [0.15, 0.2) is 22.7 Å². The molecule has 0 aromatic heterocycles. The van der Waals surface area contributed by atoms with Crippen LogP contribution in [0.5, 0.6) is 0 Å². The van der Waals surface area contributed by atoms with E-state index in [1.54, 1.807) is 0 Å². The van der Waals surface area contributed by atoms with Gasteiger partial charge in [0.1, 0.15) is 0 Å². The lowest BCUT2D eigenvalue weighted by atomic mass is 9.99. The van der Waals surface area contributed by atoms with Crippen LogP contribution in [-0.2, 0) is 0 Å². The number of carbonyl (C=O) groups excluding carboxylic acids is 1. The van der Waals surface area contributed by atoms with Crippen molar-refractivity contribution in [3.63, 3.8) is 0 Å². The maximum Gasteiger partial charge on any atom is 0.252 e. The molecule has 0 radical (unpaired) electrons. The molecule has 0 bridgehead atoms. The van der Waals surface area contributed by atoms with Gasteiger partial charge in [-0.25, -0.2) is 0 Å². The summed E-state index contributed by atoms with van der Waals surface area (Å²) in [6.07, 6.45) is 3.63. The molecule has 0 unspecified atom stereocenters. The molecule has 21 heavy (non-hydrogen) atoms.